The Morgan fingerprint density at radius 3 is 3.18 bits per heavy atom. The fraction of sp³-hybridized carbons (Fsp3) is 0.385. The smallest absolute Gasteiger partial charge is 0.338 e. The third-order valence-electron chi connectivity index (χ3n) is 3.03. The molecule has 9 heteroatoms. The summed E-state index contributed by atoms with van der Waals surface area (Å²) >= 11 is 3.00. The first-order valence-electron chi connectivity index (χ1n) is 6.91. The van der Waals surface area contributed by atoms with E-state index in [0.717, 1.165) is 18.4 Å². The summed E-state index contributed by atoms with van der Waals surface area (Å²) in [5, 5.41) is 15.1. The van der Waals surface area contributed by atoms with Crippen LogP contribution in [0.1, 0.15) is 25.7 Å². The van der Waals surface area contributed by atoms with Crippen molar-refractivity contribution in [1.82, 2.24) is 24.9 Å². The number of thioether (sulfide) groups is 1. The molecule has 3 aromatic heterocycles. The molecule has 0 aliphatic heterocycles. The van der Waals surface area contributed by atoms with Crippen LogP contribution in [0.3, 0.4) is 0 Å². The monoisotopic (exact) mass is 337 g/mol. The van der Waals surface area contributed by atoms with E-state index in [1.807, 2.05) is 16.8 Å². The summed E-state index contributed by atoms with van der Waals surface area (Å²) in [7, 11) is 0. The Bertz CT molecular complexity index is 775. The molecule has 7 nitrogen and oxygen atoms in total. The van der Waals surface area contributed by atoms with Crippen LogP contribution < -0.4 is 5.69 Å². The zero-order chi connectivity index (χ0) is 15.4. The van der Waals surface area contributed by atoms with Crippen LogP contribution in [0, 0.1) is 0 Å². The van der Waals surface area contributed by atoms with Gasteiger partial charge in [0.05, 0.1) is 5.75 Å². The predicted molar refractivity (Wildman–Crippen MR) is 84.9 cm³/mol. The van der Waals surface area contributed by atoms with Crippen LogP contribution in [-0.4, -0.2) is 24.9 Å². The lowest BCUT2D eigenvalue weighted by atomic mass is 10.3. The number of aromatic nitrogens is 5. The highest BCUT2D eigenvalue weighted by Crippen LogP contribution is 2.22. The molecule has 0 spiro atoms. The normalized spacial score (nSPS) is 11.1. The number of nitrogens with one attached hydrogen (secondary N) is 1. The van der Waals surface area contributed by atoms with Crippen molar-refractivity contribution in [2.24, 2.45) is 0 Å². The van der Waals surface area contributed by atoms with E-state index in [-0.39, 0.29) is 5.69 Å². The van der Waals surface area contributed by atoms with Crippen molar-refractivity contribution in [2.45, 2.75) is 37.2 Å². The molecule has 0 aliphatic rings. The van der Waals surface area contributed by atoms with Crippen molar-refractivity contribution in [1.29, 1.82) is 0 Å². The van der Waals surface area contributed by atoms with Crippen LogP contribution in [0.5, 0.6) is 0 Å². The van der Waals surface area contributed by atoms with Crippen LogP contribution in [-0.2, 0) is 12.3 Å². The average molecular weight is 337 g/mol. The van der Waals surface area contributed by atoms with Gasteiger partial charge in [-0.25, -0.2) is 9.89 Å². The lowest BCUT2D eigenvalue weighted by Crippen LogP contribution is -2.17. The first-order chi connectivity index (χ1) is 10.8. The Kier molecular flexibility index (Phi) is 4.74. The zero-order valence-corrected chi connectivity index (χ0v) is 13.6. The number of H-pyrrole nitrogens is 1. The number of aromatic amines is 1. The maximum absolute atomic E-state index is 11.7. The van der Waals surface area contributed by atoms with Gasteiger partial charge in [0.2, 0.25) is 11.7 Å². The number of unbranched alkanes of at least 4 members (excludes halogenated alkanes) is 1. The SMILES string of the molecule is CCCCn1c(SCc2nc(-c3ccsc3)no2)n[nH]c1=O. The largest absolute Gasteiger partial charge is 0.343 e. The second kappa shape index (κ2) is 6.93. The molecule has 3 rings (SSSR count). The molecule has 22 heavy (non-hydrogen) atoms. The van der Waals surface area contributed by atoms with Gasteiger partial charge in [0.25, 0.3) is 0 Å². The second-order valence-corrected chi connectivity index (χ2v) is 6.35. The second-order valence-electron chi connectivity index (χ2n) is 4.63. The predicted octanol–water partition coefficient (Wildman–Crippen LogP) is 2.78. The van der Waals surface area contributed by atoms with E-state index in [9.17, 15) is 4.79 Å². The van der Waals surface area contributed by atoms with E-state index < -0.39 is 0 Å². The summed E-state index contributed by atoms with van der Waals surface area (Å²) in [6.45, 7) is 2.75. The van der Waals surface area contributed by atoms with Gasteiger partial charge < -0.3 is 4.52 Å². The molecule has 3 aromatic rings. The molecule has 0 aliphatic carbocycles. The van der Waals surface area contributed by atoms with Crippen LogP contribution in [0.15, 0.2) is 31.3 Å². The van der Waals surface area contributed by atoms with Gasteiger partial charge in [0, 0.05) is 17.5 Å². The Hall–Kier alpha value is -1.87. The third kappa shape index (κ3) is 3.30. The average Bonchev–Trinajstić information content (AvgIpc) is 3.24. The summed E-state index contributed by atoms with van der Waals surface area (Å²) in [6.07, 6.45) is 1.96. The van der Waals surface area contributed by atoms with Gasteiger partial charge in [0.15, 0.2) is 5.16 Å². The fourth-order valence-corrected chi connectivity index (χ4v) is 3.32. The van der Waals surface area contributed by atoms with Gasteiger partial charge in [0.1, 0.15) is 0 Å². The van der Waals surface area contributed by atoms with E-state index in [1.54, 1.807) is 15.9 Å². The maximum atomic E-state index is 11.7. The van der Waals surface area contributed by atoms with E-state index in [0.29, 0.717) is 29.2 Å². The lowest BCUT2D eigenvalue weighted by molar-refractivity contribution is 0.391. The van der Waals surface area contributed by atoms with E-state index in [1.165, 1.54) is 11.8 Å². The van der Waals surface area contributed by atoms with E-state index >= 15 is 0 Å². The molecule has 116 valence electrons. The maximum Gasteiger partial charge on any atom is 0.343 e. The quantitative estimate of drug-likeness (QED) is 0.667. The van der Waals surface area contributed by atoms with Crippen molar-refractivity contribution in [3.8, 4) is 11.4 Å². The molecule has 0 aromatic carbocycles. The minimum absolute atomic E-state index is 0.180. The number of thiophene rings is 1. The molecule has 0 amide bonds. The molecule has 0 unspecified atom stereocenters. The van der Waals surface area contributed by atoms with Crippen LogP contribution in [0.25, 0.3) is 11.4 Å². The van der Waals surface area contributed by atoms with Gasteiger partial charge in [-0.1, -0.05) is 30.3 Å². The van der Waals surface area contributed by atoms with Gasteiger partial charge in [-0.15, -0.1) is 5.10 Å². The molecule has 0 saturated carbocycles. The topological polar surface area (TPSA) is 89.6 Å². The van der Waals surface area contributed by atoms with E-state index in [2.05, 4.69) is 27.3 Å². The van der Waals surface area contributed by atoms with Gasteiger partial charge >= 0.3 is 5.69 Å². The number of nitrogens with zero attached hydrogens (tertiary/aromatic N) is 4. The Morgan fingerprint density at radius 2 is 2.41 bits per heavy atom. The molecule has 1 N–H and O–H groups in total. The molecular weight excluding hydrogens is 322 g/mol. The molecule has 0 saturated heterocycles. The highest BCUT2D eigenvalue weighted by Gasteiger charge is 2.13. The van der Waals surface area contributed by atoms with Crippen LogP contribution in [0.2, 0.25) is 0 Å². The minimum atomic E-state index is -0.180. The molecule has 3 heterocycles. The van der Waals surface area contributed by atoms with E-state index in [4.69, 9.17) is 4.52 Å². The van der Waals surface area contributed by atoms with Crippen LogP contribution in [0.4, 0.5) is 0 Å². The third-order valence-corrected chi connectivity index (χ3v) is 4.68. The minimum Gasteiger partial charge on any atom is -0.338 e. The lowest BCUT2D eigenvalue weighted by Gasteiger charge is -2.02. The molecule has 0 atom stereocenters. The summed E-state index contributed by atoms with van der Waals surface area (Å²) < 4.78 is 6.88. The number of hydrogen-bond acceptors (Lipinski definition) is 7. The number of hydrogen-bond donors (Lipinski definition) is 1. The van der Waals surface area contributed by atoms with Crippen LogP contribution >= 0.6 is 23.1 Å². The Morgan fingerprint density at radius 1 is 1.50 bits per heavy atom. The van der Waals surface area contributed by atoms with Gasteiger partial charge in [-0.05, 0) is 17.9 Å². The van der Waals surface area contributed by atoms with Gasteiger partial charge in [-0.2, -0.15) is 16.3 Å². The molecule has 0 radical (unpaired) electrons. The Balaban J connectivity index is 1.67. The number of rotatable bonds is 7. The summed E-state index contributed by atoms with van der Waals surface area (Å²) in [5.74, 6) is 1.58. The van der Waals surface area contributed by atoms with Gasteiger partial charge in [-0.3, -0.25) is 4.57 Å². The highest BCUT2D eigenvalue weighted by molar-refractivity contribution is 7.98. The summed E-state index contributed by atoms with van der Waals surface area (Å²) in [5.41, 5.74) is 0.769. The first-order valence-corrected chi connectivity index (χ1v) is 8.84. The first kappa shape index (κ1) is 15.0. The molecular formula is C13H15N5O2S2. The van der Waals surface area contributed by atoms with Crippen molar-refractivity contribution < 1.29 is 4.52 Å². The van der Waals surface area contributed by atoms with Crippen molar-refractivity contribution >= 4 is 23.1 Å². The summed E-state index contributed by atoms with van der Waals surface area (Å²) in [6, 6.07) is 1.95. The van der Waals surface area contributed by atoms with Crippen molar-refractivity contribution in [3.05, 3.63) is 33.2 Å². The highest BCUT2D eigenvalue weighted by atomic mass is 32.2. The fourth-order valence-electron chi connectivity index (χ4n) is 1.88. The molecule has 0 fully saturated rings. The zero-order valence-electron chi connectivity index (χ0n) is 12.0. The van der Waals surface area contributed by atoms with Crippen molar-refractivity contribution in [2.75, 3.05) is 0 Å². The molecule has 0 bridgehead atoms. The Labute approximate surface area is 134 Å². The standard InChI is InChI=1S/C13H15N5O2S2/c1-2-3-5-18-12(19)15-16-13(18)22-8-10-14-11(17-20-10)9-4-6-21-7-9/h4,6-7H,2-3,5,8H2,1H3,(H,15,19). The summed E-state index contributed by atoms with van der Waals surface area (Å²) in [4.78, 5) is 16.0. The van der Waals surface area contributed by atoms with Crippen molar-refractivity contribution in [3.63, 3.8) is 0 Å².